The zero-order chi connectivity index (χ0) is 18.9. The molecule has 1 aliphatic heterocycles. The van der Waals surface area contributed by atoms with Crippen molar-refractivity contribution in [3.63, 3.8) is 0 Å². The summed E-state index contributed by atoms with van der Waals surface area (Å²) < 4.78 is 47.4. The lowest BCUT2D eigenvalue weighted by Crippen LogP contribution is -2.78. The van der Waals surface area contributed by atoms with Gasteiger partial charge in [-0.3, -0.25) is 0 Å². The molecule has 1 saturated carbocycles. The predicted octanol–water partition coefficient (Wildman–Crippen LogP) is 3.61. The molecule has 0 aromatic carbocycles. The number of hydrogen-bond acceptors (Lipinski definition) is 4. The van der Waals surface area contributed by atoms with Gasteiger partial charge in [0.2, 0.25) is 0 Å². The molecule has 1 heterocycles. The Morgan fingerprint density at radius 3 is 2.44 bits per heavy atom. The first-order chi connectivity index (χ1) is 11.5. The van der Waals surface area contributed by atoms with Crippen LogP contribution in [0.5, 0.6) is 0 Å². The molecule has 2 fully saturated rings. The molecule has 1 aliphatic carbocycles. The maximum absolute atomic E-state index is 14.4. The Morgan fingerprint density at radius 1 is 1.36 bits per heavy atom. The van der Waals surface area contributed by atoms with Crippen molar-refractivity contribution in [2.24, 2.45) is 0 Å². The van der Waals surface area contributed by atoms with Crippen molar-refractivity contribution in [1.82, 2.24) is 9.62 Å². The molecule has 2 rings (SSSR count). The maximum Gasteiger partial charge on any atom is 0.407 e. The summed E-state index contributed by atoms with van der Waals surface area (Å²) in [5.74, 6) is -2.83. The quantitative estimate of drug-likeness (QED) is 0.585. The van der Waals surface area contributed by atoms with E-state index in [1.165, 1.54) is 4.31 Å². The van der Waals surface area contributed by atoms with Gasteiger partial charge in [-0.25, -0.2) is 13.6 Å². The van der Waals surface area contributed by atoms with Gasteiger partial charge in [0.25, 0.3) is 5.92 Å². The Kier molecular flexibility index (Phi) is 6.27. The van der Waals surface area contributed by atoms with Gasteiger partial charge in [0.1, 0.15) is 16.8 Å². The lowest BCUT2D eigenvalue weighted by Gasteiger charge is -2.59. The topological polar surface area (TPSA) is 64.6 Å². The predicted molar refractivity (Wildman–Crippen MR) is 93.9 cm³/mol. The number of ether oxygens (including phenoxy) is 1. The van der Waals surface area contributed by atoms with E-state index in [9.17, 15) is 18.1 Å². The van der Waals surface area contributed by atoms with Crippen LogP contribution in [0, 0.1) is 0 Å². The second kappa shape index (κ2) is 7.56. The van der Waals surface area contributed by atoms with Crippen LogP contribution in [-0.2, 0) is 16.1 Å². The molecule has 1 spiro atoms. The van der Waals surface area contributed by atoms with Crippen molar-refractivity contribution < 1.29 is 22.9 Å². The number of hydrogen-bond donors (Lipinski definition) is 1. The van der Waals surface area contributed by atoms with Gasteiger partial charge in [-0.15, -0.1) is 4.31 Å². The lowest BCUT2D eigenvalue weighted by atomic mass is 9.70. The maximum atomic E-state index is 14.4. The monoisotopic (exact) mass is 380 g/mol. The summed E-state index contributed by atoms with van der Waals surface area (Å²) in [4.78, 5) is 11.7. The minimum atomic E-state index is -2.83. The summed E-state index contributed by atoms with van der Waals surface area (Å²) in [5, 5.41) is 2.76. The Bertz CT molecular complexity index is 477. The van der Waals surface area contributed by atoms with Gasteiger partial charge >= 0.3 is 6.09 Å². The Hall–Kier alpha value is -0.600. The first-order valence-corrected chi connectivity index (χ1v) is 10.1. The molecule has 0 aromatic heterocycles. The van der Waals surface area contributed by atoms with Gasteiger partial charge in [-0.05, 0) is 52.9 Å². The van der Waals surface area contributed by atoms with Crippen LogP contribution in [0.2, 0.25) is 0 Å². The third-order valence-electron chi connectivity index (χ3n) is 5.09. The second-order valence-electron chi connectivity index (χ2n) is 8.04. The first kappa shape index (κ1) is 20.7. The number of nitrogens with zero attached hydrogens (tertiary/aromatic N) is 1. The fraction of sp³-hybridized carbons (Fsp3) is 0.941. The number of amides is 1. The van der Waals surface area contributed by atoms with Crippen molar-refractivity contribution in [3.8, 4) is 0 Å². The zero-order valence-electron chi connectivity index (χ0n) is 15.6. The van der Waals surface area contributed by atoms with E-state index in [0.29, 0.717) is 19.4 Å². The van der Waals surface area contributed by atoms with Crippen molar-refractivity contribution in [1.29, 1.82) is 0 Å². The van der Waals surface area contributed by atoms with Gasteiger partial charge in [0, 0.05) is 17.4 Å². The second-order valence-corrected chi connectivity index (χ2v) is 10.2. The zero-order valence-corrected chi connectivity index (χ0v) is 16.4. The molecule has 1 saturated heterocycles. The fourth-order valence-corrected chi connectivity index (χ4v) is 5.06. The molecule has 25 heavy (non-hydrogen) atoms. The highest BCUT2D eigenvalue weighted by Gasteiger charge is 2.73. The smallest absolute Gasteiger partial charge is 0.407 e. The minimum absolute atomic E-state index is 0.166. The molecule has 1 atom stereocenters. The molecule has 2 aliphatic rings. The summed E-state index contributed by atoms with van der Waals surface area (Å²) >= 11 is -1.46. The first-order valence-electron chi connectivity index (χ1n) is 9.04. The molecule has 0 radical (unpaired) electrons. The van der Waals surface area contributed by atoms with E-state index in [1.54, 1.807) is 20.8 Å². The van der Waals surface area contributed by atoms with Crippen LogP contribution in [0.15, 0.2) is 0 Å². The summed E-state index contributed by atoms with van der Waals surface area (Å²) in [5.41, 5.74) is -1.34. The molecule has 0 bridgehead atoms. The number of carbonyl (C=O) groups excluding carboxylic acids is 1. The highest BCUT2D eigenvalue weighted by atomic mass is 32.2. The molecule has 5 nitrogen and oxygen atoms in total. The van der Waals surface area contributed by atoms with E-state index in [1.807, 2.05) is 6.92 Å². The highest BCUT2D eigenvalue weighted by molar-refractivity contribution is 7.90. The van der Waals surface area contributed by atoms with E-state index in [2.05, 4.69) is 5.32 Å². The van der Waals surface area contributed by atoms with Crippen LogP contribution in [0.3, 0.4) is 0 Å². The summed E-state index contributed by atoms with van der Waals surface area (Å²) in [6, 6.07) is -0.166. The number of carbonyl (C=O) groups is 1. The van der Waals surface area contributed by atoms with Crippen molar-refractivity contribution in [3.05, 3.63) is 0 Å². The molecule has 1 amide bonds. The molecule has 0 aromatic rings. The molecule has 1 N–H and O–H groups in total. The van der Waals surface area contributed by atoms with Crippen LogP contribution in [-0.4, -0.2) is 50.4 Å². The fourth-order valence-electron chi connectivity index (χ4n) is 3.49. The number of alkyl halides is 2. The third-order valence-corrected chi connectivity index (χ3v) is 7.02. The average Bonchev–Trinajstić information content (AvgIpc) is 2.52. The number of unbranched alkanes of at least 4 members (excludes halogenated alkanes) is 1. The van der Waals surface area contributed by atoms with Gasteiger partial charge in [-0.1, -0.05) is 13.3 Å². The largest absolute Gasteiger partial charge is 0.597 e. The molecule has 8 heteroatoms. The Morgan fingerprint density at radius 2 is 1.96 bits per heavy atom. The molecule has 146 valence electrons. The van der Waals surface area contributed by atoms with E-state index in [-0.39, 0.29) is 18.9 Å². The highest BCUT2D eigenvalue weighted by Crippen LogP contribution is 2.55. The lowest BCUT2D eigenvalue weighted by molar-refractivity contribution is -0.223. The van der Waals surface area contributed by atoms with Gasteiger partial charge in [0.05, 0.1) is 6.61 Å². The van der Waals surface area contributed by atoms with E-state index in [0.717, 1.165) is 12.8 Å². The van der Waals surface area contributed by atoms with Crippen LogP contribution in [0.4, 0.5) is 13.6 Å². The van der Waals surface area contributed by atoms with Crippen molar-refractivity contribution in [2.45, 2.75) is 88.5 Å². The standard InChI is InChI=1S/C17H30F2N2O3S/c1-5-6-11-24-14(22)20-13-7-9-16(10-8-13)17(18,19)12-21(16)25(23)15(2,3)4/h13H,5-12H2,1-4H3,(H,20,22). The van der Waals surface area contributed by atoms with Crippen LogP contribution < -0.4 is 5.32 Å². The molecular weight excluding hydrogens is 350 g/mol. The molecule has 1 unspecified atom stereocenters. The summed E-state index contributed by atoms with van der Waals surface area (Å²) in [6.07, 6.45) is 2.59. The van der Waals surface area contributed by atoms with Crippen LogP contribution >= 0.6 is 0 Å². The van der Waals surface area contributed by atoms with E-state index < -0.39 is 40.2 Å². The van der Waals surface area contributed by atoms with E-state index in [4.69, 9.17) is 4.74 Å². The van der Waals surface area contributed by atoms with Gasteiger partial charge < -0.3 is 14.6 Å². The Labute approximate surface area is 152 Å². The van der Waals surface area contributed by atoms with Gasteiger partial charge in [-0.2, -0.15) is 0 Å². The number of halogens is 2. The molecular formula is C17H30F2N2O3S. The Balaban J connectivity index is 1.93. The van der Waals surface area contributed by atoms with Crippen molar-refractivity contribution >= 4 is 17.5 Å². The average molecular weight is 381 g/mol. The van der Waals surface area contributed by atoms with Crippen molar-refractivity contribution in [2.75, 3.05) is 13.2 Å². The minimum Gasteiger partial charge on any atom is -0.597 e. The van der Waals surface area contributed by atoms with Gasteiger partial charge in [0.15, 0.2) is 0 Å². The van der Waals surface area contributed by atoms with Crippen LogP contribution in [0.1, 0.15) is 66.2 Å². The van der Waals surface area contributed by atoms with E-state index >= 15 is 0 Å². The van der Waals surface area contributed by atoms with Crippen LogP contribution in [0.25, 0.3) is 0 Å². The normalized spacial score (nSPS) is 30.6. The number of rotatable bonds is 5. The number of nitrogens with one attached hydrogen (secondary N) is 1. The third kappa shape index (κ3) is 4.22. The summed E-state index contributed by atoms with van der Waals surface area (Å²) in [6.45, 7) is 7.32. The SMILES string of the molecule is CCCCOC(=O)NC1CCC2(CC1)N([S+]([O-])C(C)(C)C)CC2(F)F. The number of alkyl carbamates (subject to hydrolysis) is 1. The summed E-state index contributed by atoms with van der Waals surface area (Å²) in [7, 11) is 0.